The SMILES string of the molecule is CC(C)C1(C)CNc2cc(C(C)(C)C)ccc2O1. The zero-order valence-electron chi connectivity index (χ0n) is 12.4. The van der Waals surface area contributed by atoms with Gasteiger partial charge in [-0.2, -0.15) is 0 Å². The molecule has 0 saturated heterocycles. The van der Waals surface area contributed by atoms with E-state index in [2.05, 4.69) is 65.1 Å². The van der Waals surface area contributed by atoms with Crippen molar-refractivity contribution in [3.63, 3.8) is 0 Å². The Hall–Kier alpha value is -1.18. The quantitative estimate of drug-likeness (QED) is 0.803. The van der Waals surface area contributed by atoms with Crippen molar-refractivity contribution in [1.82, 2.24) is 0 Å². The van der Waals surface area contributed by atoms with Crippen LogP contribution in [0, 0.1) is 5.92 Å². The van der Waals surface area contributed by atoms with Gasteiger partial charge in [0.25, 0.3) is 0 Å². The molecule has 2 rings (SSSR count). The molecule has 2 nitrogen and oxygen atoms in total. The summed E-state index contributed by atoms with van der Waals surface area (Å²) in [4.78, 5) is 0. The maximum Gasteiger partial charge on any atom is 0.143 e. The van der Waals surface area contributed by atoms with Crippen LogP contribution in [0.1, 0.15) is 47.1 Å². The third-order valence-electron chi connectivity index (χ3n) is 4.04. The van der Waals surface area contributed by atoms with Gasteiger partial charge in [0.15, 0.2) is 0 Å². The van der Waals surface area contributed by atoms with Gasteiger partial charge < -0.3 is 10.1 Å². The first-order chi connectivity index (χ1) is 8.22. The topological polar surface area (TPSA) is 21.3 Å². The lowest BCUT2D eigenvalue weighted by atomic mass is 9.86. The highest BCUT2D eigenvalue weighted by molar-refractivity contribution is 5.61. The highest BCUT2D eigenvalue weighted by Crippen LogP contribution is 2.38. The second-order valence-electron chi connectivity index (χ2n) is 6.88. The minimum absolute atomic E-state index is 0.115. The zero-order valence-corrected chi connectivity index (χ0v) is 12.4. The third kappa shape index (κ3) is 2.33. The van der Waals surface area contributed by atoms with Gasteiger partial charge >= 0.3 is 0 Å². The van der Waals surface area contributed by atoms with Crippen LogP contribution >= 0.6 is 0 Å². The van der Waals surface area contributed by atoms with E-state index in [-0.39, 0.29) is 11.0 Å². The monoisotopic (exact) mass is 247 g/mol. The number of hydrogen-bond acceptors (Lipinski definition) is 2. The Labute approximate surface area is 111 Å². The highest BCUT2D eigenvalue weighted by atomic mass is 16.5. The molecule has 1 aliphatic heterocycles. The number of ether oxygens (including phenoxy) is 1. The molecule has 100 valence electrons. The van der Waals surface area contributed by atoms with Crippen molar-refractivity contribution in [1.29, 1.82) is 0 Å². The molecule has 0 radical (unpaired) electrons. The second kappa shape index (κ2) is 4.18. The van der Waals surface area contributed by atoms with Crippen LogP contribution in [0.25, 0.3) is 0 Å². The summed E-state index contributed by atoms with van der Waals surface area (Å²) in [6, 6.07) is 6.49. The van der Waals surface area contributed by atoms with E-state index < -0.39 is 0 Å². The largest absolute Gasteiger partial charge is 0.483 e. The second-order valence-corrected chi connectivity index (χ2v) is 6.88. The minimum Gasteiger partial charge on any atom is -0.483 e. The van der Waals surface area contributed by atoms with Crippen LogP contribution in [0.15, 0.2) is 18.2 Å². The fourth-order valence-corrected chi connectivity index (χ4v) is 2.10. The van der Waals surface area contributed by atoms with Crippen LogP contribution in [-0.2, 0) is 5.41 Å². The molecule has 0 bridgehead atoms. The molecular formula is C16H25NO. The van der Waals surface area contributed by atoms with E-state index in [1.165, 1.54) is 5.56 Å². The summed E-state index contributed by atoms with van der Waals surface area (Å²) >= 11 is 0. The molecule has 0 saturated carbocycles. The molecule has 2 heteroatoms. The summed E-state index contributed by atoms with van der Waals surface area (Å²) in [6.07, 6.45) is 0. The summed E-state index contributed by atoms with van der Waals surface area (Å²) in [5, 5.41) is 3.52. The van der Waals surface area contributed by atoms with E-state index in [0.717, 1.165) is 18.0 Å². The Morgan fingerprint density at radius 1 is 1.28 bits per heavy atom. The first-order valence-corrected chi connectivity index (χ1v) is 6.80. The predicted octanol–water partition coefficient (Wildman–Crippen LogP) is 4.20. The van der Waals surface area contributed by atoms with Gasteiger partial charge in [0.1, 0.15) is 11.4 Å². The van der Waals surface area contributed by atoms with Crippen LogP contribution in [0.5, 0.6) is 5.75 Å². The average Bonchev–Trinajstić information content (AvgIpc) is 2.26. The molecule has 1 aliphatic rings. The van der Waals surface area contributed by atoms with Crippen molar-refractivity contribution in [2.75, 3.05) is 11.9 Å². The van der Waals surface area contributed by atoms with Gasteiger partial charge in [-0.1, -0.05) is 40.7 Å². The van der Waals surface area contributed by atoms with E-state index in [4.69, 9.17) is 4.74 Å². The normalized spacial score (nSPS) is 23.3. The first kappa shape index (κ1) is 13.3. The summed E-state index contributed by atoms with van der Waals surface area (Å²) in [5.74, 6) is 1.46. The molecule has 1 unspecified atom stereocenters. The Morgan fingerprint density at radius 3 is 2.50 bits per heavy atom. The summed E-state index contributed by atoms with van der Waals surface area (Å²) < 4.78 is 6.19. The standard InChI is InChI=1S/C16H25NO/c1-11(2)16(6)10-17-13-9-12(15(3,4)5)7-8-14(13)18-16/h7-9,11,17H,10H2,1-6H3. The van der Waals surface area contributed by atoms with Crippen LogP contribution in [-0.4, -0.2) is 12.1 Å². The van der Waals surface area contributed by atoms with Gasteiger partial charge in [-0.05, 0) is 36.0 Å². The molecule has 0 amide bonds. The zero-order chi connectivity index (χ0) is 13.6. The number of anilines is 1. The van der Waals surface area contributed by atoms with E-state index >= 15 is 0 Å². The van der Waals surface area contributed by atoms with Gasteiger partial charge in [-0.25, -0.2) is 0 Å². The van der Waals surface area contributed by atoms with Crippen molar-refractivity contribution >= 4 is 5.69 Å². The minimum atomic E-state index is -0.115. The predicted molar refractivity (Wildman–Crippen MR) is 77.5 cm³/mol. The van der Waals surface area contributed by atoms with Crippen molar-refractivity contribution in [2.45, 2.75) is 52.6 Å². The van der Waals surface area contributed by atoms with Crippen LogP contribution < -0.4 is 10.1 Å². The summed E-state index contributed by atoms with van der Waals surface area (Å²) in [6.45, 7) is 14.1. The lowest BCUT2D eigenvalue weighted by Crippen LogP contribution is -2.47. The summed E-state index contributed by atoms with van der Waals surface area (Å²) in [7, 11) is 0. The Balaban J connectivity index is 2.32. The maximum absolute atomic E-state index is 6.19. The number of benzene rings is 1. The van der Waals surface area contributed by atoms with Crippen LogP contribution in [0.3, 0.4) is 0 Å². The number of fused-ring (bicyclic) bond motifs is 1. The molecule has 0 fully saturated rings. The highest BCUT2D eigenvalue weighted by Gasteiger charge is 2.34. The molecule has 0 aromatic heterocycles. The van der Waals surface area contributed by atoms with E-state index in [1.807, 2.05) is 0 Å². The molecular weight excluding hydrogens is 222 g/mol. The van der Waals surface area contributed by atoms with Crippen molar-refractivity contribution in [2.24, 2.45) is 5.92 Å². The Morgan fingerprint density at radius 2 is 1.94 bits per heavy atom. The first-order valence-electron chi connectivity index (χ1n) is 6.80. The van der Waals surface area contributed by atoms with E-state index in [0.29, 0.717) is 5.92 Å². The maximum atomic E-state index is 6.19. The molecule has 0 spiro atoms. The van der Waals surface area contributed by atoms with Gasteiger partial charge in [-0.3, -0.25) is 0 Å². The van der Waals surface area contributed by atoms with Crippen molar-refractivity contribution in [3.05, 3.63) is 23.8 Å². The number of hydrogen-bond donors (Lipinski definition) is 1. The van der Waals surface area contributed by atoms with Crippen molar-refractivity contribution < 1.29 is 4.74 Å². The molecule has 1 heterocycles. The average molecular weight is 247 g/mol. The molecule has 1 aromatic rings. The number of nitrogens with one attached hydrogen (secondary N) is 1. The lowest BCUT2D eigenvalue weighted by Gasteiger charge is -2.40. The molecule has 0 aliphatic carbocycles. The molecule has 1 atom stereocenters. The Kier molecular flexibility index (Phi) is 3.08. The number of rotatable bonds is 1. The van der Waals surface area contributed by atoms with Crippen molar-refractivity contribution in [3.8, 4) is 5.75 Å². The Bertz CT molecular complexity index is 445. The summed E-state index contributed by atoms with van der Waals surface area (Å²) in [5.41, 5.74) is 2.53. The molecule has 1 aromatic carbocycles. The van der Waals surface area contributed by atoms with Gasteiger partial charge in [-0.15, -0.1) is 0 Å². The molecule has 1 N–H and O–H groups in total. The fourth-order valence-electron chi connectivity index (χ4n) is 2.10. The van der Waals surface area contributed by atoms with Gasteiger partial charge in [0.05, 0.1) is 12.2 Å². The third-order valence-corrected chi connectivity index (χ3v) is 4.04. The molecule has 18 heavy (non-hydrogen) atoms. The van der Waals surface area contributed by atoms with Gasteiger partial charge in [0, 0.05) is 0 Å². The lowest BCUT2D eigenvalue weighted by molar-refractivity contribution is 0.0475. The van der Waals surface area contributed by atoms with E-state index in [1.54, 1.807) is 0 Å². The van der Waals surface area contributed by atoms with Gasteiger partial charge in [0.2, 0.25) is 0 Å². The smallest absolute Gasteiger partial charge is 0.143 e. The van der Waals surface area contributed by atoms with E-state index in [9.17, 15) is 0 Å². The van der Waals surface area contributed by atoms with Crippen LogP contribution in [0.4, 0.5) is 5.69 Å². The van der Waals surface area contributed by atoms with Crippen LogP contribution in [0.2, 0.25) is 0 Å². The fraction of sp³-hybridized carbons (Fsp3) is 0.625.